The summed E-state index contributed by atoms with van der Waals surface area (Å²) >= 11 is 0. The first-order chi connectivity index (χ1) is 15.1. The molecule has 1 aromatic carbocycles. The average Bonchev–Trinajstić information content (AvgIpc) is 2.74. The molecule has 7 nitrogen and oxygen atoms in total. The molecule has 1 N–H and O–H groups in total. The van der Waals surface area contributed by atoms with Crippen molar-refractivity contribution >= 4 is 11.9 Å². The molecule has 1 aliphatic rings. The smallest absolute Gasteiger partial charge is 0.410 e. The maximum Gasteiger partial charge on any atom is 0.410 e. The lowest BCUT2D eigenvalue weighted by molar-refractivity contribution is -0.0501. The Morgan fingerprint density at radius 3 is 2.34 bits per heavy atom. The van der Waals surface area contributed by atoms with Gasteiger partial charge in [0.05, 0.1) is 12.1 Å². The molecule has 1 amide bonds. The maximum atomic E-state index is 12.8. The summed E-state index contributed by atoms with van der Waals surface area (Å²) in [6.45, 7) is 7.38. The van der Waals surface area contributed by atoms with Crippen LogP contribution in [0.3, 0.4) is 0 Å². The number of aliphatic hydroxyl groups is 1. The Kier molecular flexibility index (Phi) is 7.64. The van der Waals surface area contributed by atoms with Gasteiger partial charge in [0.15, 0.2) is 5.78 Å². The second-order valence-corrected chi connectivity index (χ2v) is 9.46. The predicted molar refractivity (Wildman–Crippen MR) is 122 cm³/mol. The maximum absolute atomic E-state index is 12.8. The van der Waals surface area contributed by atoms with Crippen LogP contribution in [0.4, 0.5) is 4.79 Å². The molecule has 2 heterocycles. The van der Waals surface area contributed by atoms with Crippen LogP contribution in [0.1, 0.15) is 49.7 Å². The van der Waals surface area contributed by atoms with Gasteiger partial charge in [-0.25, -0.2) is 4.79 Å². The fourth-order valence-electron chi connectivity index (χ4n) is 3.83. The molecule has 0 spiro atoms. The van der Waals surface area contributed by atoms with E-state index in [1.807, 2.05) is 56.0 Å². The van der Waals surface area contributed by atoms with Gasteiger partial charge in [0, 0.05) is 32.4 Å². The minimum atomic E-state index is -0.988. The van der Waals surface area contributed by atoms with Crippen LogP contribution in [-0.2, 0) is 11.3 Å². The summed E-state index contributed by atoms with van der Waals surface area (Å²) in [5.74, 6) is -0.0867. The van der Waals surface area contributed by atoms with Gasteiger partial charge in [-0.05, 0) is 51.3 Å². The molecule has 1 saturated heterocycles. The van der Waals surface area contributed by atoms with Crippen LogP contribution in [0.15, 0.2) is 54.7 Å². The molecule has 32 heavy (non-hydrogen) atoms. The predicted octanol–water partition coefficient (Wildman–Crippen LogP) is 3.53. The molecule has 3 rings (SSSR count). The summed E-state index contributed by atoms with van der Waals surface area (Å²) in [4.78, 5) is 32.9. The number of Topliss-reactive ketones (excluding diaryl/α,β-unsaturated/α-hetero) is 1. The van der Waals surface area contributed by atoms with Gasteiger partial charge in [0.25, 0.3) is 0 Å². The second-order valence-electron chi connectivity index (χ2n) is 9.46. The number of aromatic nitrogens is 1. The van der Waals surface area contributed by atoms with Crippen LogP contribution in [0, 0.1) is 0 Å². The average molecular weight is 440 g/mol. The van der Waals surface area contributed by atoms with Crippen molar-refractivity contribution in [3.05, 3.63) is 66.0 Å². The number of amides is 1. The summed E-state index contributed by atoms with van der Waals surface area (Å²) in [5.41, 5.74) is -0.0608. The Morgan fingerprint density at radius 2 is 1.75 bits per heavy atom. The molecule has 1 aromatic heterocycles. The number of carbonyl (C=O) groups is 2. The monoisotopic (exact) mass is 439 g/mol. The van der Waals surface area contributed by atoms with Gasteiger partial charge >= 0.3 is 6.09 Å². The third kappa shape index (κ3) is 7.14. The number of carbonyl (C=O) groups excluding carboxylic acids is 2. The lowest BCUT2D eigenvalue weighted by atomic mass is 9.90. The Hall–Kier alpha value is -2.77. The molecule has 0 aliphatic carbocycles. The SMILES string of the molecule is CC(C)(C)OC(=O)N1CCC(O)(CN(CC(=O)c2ccccn2)Cc2ccccc2)CC1. The van der Waals surface area contributed by atoms with Crippen LogP contribution < -0.4 is 0 Å². The molecule has 0 saturated carbocycles. The van der Waals surface area contributed by atoms with Crippen LogP contribution in [0.2, 0.25) is 0 Å². The van der Waals surface area contributed by atoms with E-state index in [0.29, 0.717) is 44.7 Å². The van der Waals surface area contributed by atoms with Gasteiger partial charge < -0.3 is 14.7 Å². The number of likely N-dealkylation sites (tertiary alicyclic amines) is 1. The fraction of sp³-hybridized carbons (Fsp3) is 0.480. The van der Waals surface area contributed by atoms with E-state index >= 15 is 0 Å². The zero-order valence-corrected chi connectivity index (χ0v) is 19.2. The van der Waals surface area contributed by atoms with Crippen molar-refractivity contribution in [2.75, 3.05) is 26.2 Å². The zero-order valence-electron chi connectivity index (χ0n) is 19.2. The number of rotatable bonds is 7. The highest BCUT2D eigenvalue weighted by Crippen LogP contribution is 2.25. The minimum absolute atomic E-state index is 0.0867. The number of ketones is 1. The molecular weight excluding hydrogens is 406 g/mol. The Balaban J connectivity index is 1.66. The molecule has 1 fully saturated rings. The molecule has 7 heteroatoms. The highest BCUT2D eigenvalue weighted by molar-refractivity contribution is 5.95. The second kappa shape index (κ2) is 10.2. The van der Waals surface area contributed by atoms with Crippen molar-refractivity contribution in [2.24, 2.45) is 0 Å². The number of ether oxygens (including phenoxy) is 1. The van der Waals surface area contributed by atoms with Gasteiger partial charge in [0.1, 0.15) is 11.3 Å². The van der Waals surface area contributed by atoms with Crippen LogP contribution >= 0.6 is 0 Å². The number of piperidine rings is 1. The number of benzene rings is 1. The van der Waals surface area contributed by atoms with Gasteiger partial charge in [-0.15, -0.1) is 0 Å². The summed E-state index contributed by atoms with van der Waals surface area (Å²) in [6, 6.07) is 15.2. The highest BCUT2D eigenvalue weighted by atomic mass is 16.6. The van der Waals surface area contributed by atoms with Gasteiger partial charge in [-0.3, -0.25) is 14.7 Å². The first-order valence-electron chi connectivity index (χ1n) is 11.0. The molecule has 2 aromatic rings. The quantitative estimate of drug-likeness (QED) is 0.665. The topological polar surface area (TPSA) is 83.0 Å². The fourth-order valence-corrected chi connectivity index (χ4v) is 3.83. The van der Waals surface area contributed by atoms with Crippen molar-refractivity contribution < 1.29 is 19.4 Å². The van der Waals surface area contributed by atoms with Crippen LogP contribution in [0.25, 0.3) is 0 Å². The lowest BCUT2D eigenvalue weighted by Crippen LogP contribution is -2.53. The van der Waals surface area contributed by atoms with E-state index in [4.69, 9.17) is 4.74 Å². The summed E-state index contributed by atoms with van der Waals surface area (Å²) in [7, 11) is 0. The third-order valence-corrected chi connectivity index (χ3v) is 5.43. The van der Waals surface area contributed by atoms with E-state index in [0.717, 1.165) is 5.56 Å². The van der Waals surface area contributed by atoms with E-state index in [9.17, 15) is 14.7 Å². The van der Waals surface area contributed by atoms with Crippen LogP contribution in [0.5, 0.6) is 0 Å². The van der Waals surface area contributed by atoms with Crippen molar-refractivity contribution in [3.63, 3.8) is 0 Å². The molecule has 0 unspecified atom stereocenters. The number of pyridine rings is 1. The van der Waals surface area contributed by atoms with Gasteiger partial charge in [0.2, 0.25) is 0 Å². The first-order valence-corrected chi connectivity index (χ1v) is 11.0. The number of hydrogen-bond acceptors (Lipinski definition) is 6. The molecule has 0 bridgehead atoms. The highest BCUT2D eigenvalue weighted by Gasteiger charge is 2.37. The van der Waals surface area contributed by atoms with E-state index in [1.54, 1.807) is 29.3 Å². The third-order valence-electron chi connectivity index (χ3n) is 5.43. The Labute approximate surface area is 190 Å². The number of nitrogens with zero attached hydrogens (tertiary/aromatic N) is 3. The van der Waals surface area contributed by atoms with Gasteiger partial charge in [-0.2, -0.15) is 0 Å². The van der Waals surface area contributed by atoms with Crippen molar-refractivity contribution in [3.8, 4) is 0 Å². The van der Waals surface area contributed by atoms with Crippen molar-refractivity contribution in [2.45, 2.75) is 51.4 Å². The summed E-state index contributed by atoms with van der Waals surface area (Å²) in [5, 5.41) is 11.3. The lowest BCUT2D eigenvalue weighted by Gasteiger charge is -2.41. The van der Waals surface area contributed by atoms with Crippen LogP contribution in [-0.4, -0.2) is 69.1 Å². The molecular formula is C25H33N3O4. The van der Waals surface area contributed by atoms with Crippen molar-refractivity contribution in [1.29, 1.82) is 0 Å². The standard InChI is InChI=1S/C25H33N3O4/c1-24(2,3)32-23(30)28-15-12-25(31,13-16-28)19-27(17-20-9-5-4-6-10-20)18-22(29)21-11-7-8-14-26-21/h4-11,14,31H,12-13,15-19H2,1-3H3. The summed E-state index contributed by atoms with van der Waals surface area (Å²) in [6.07, 6.45) is 2.10. The zero-order chi connectivity index (χ0) is 23.2. The van der Waals surface area contributed by atoms with E-state index < -0.39 is 11.2 Å². The van der Waals surface area contributed by atoms with E-state index in [1.165, 1.54) is 0 Å². The van der Waals surface area contributed by atoms with Crippen molar-refractivity contribution in [1.82, 2.24) is 14.8 Å². The first kappa shape index (κ1) is 23.9. The van der Waals surface area contributed by atoms with E-state index in [-0.39, 0.29) is 18.4 Å². The number of hydrogen-bond donors (Lipinski definition) is 1. The summed E-state index contributed by atoms with van der Waals surface area (Å²) < 4.78 is 5.45. The van der Waals surface area contributed by atoms with Gasteiger partial charge in [-0.1, -0.05) is 36.4 Å². The molecule has 172 valence electrons. The molecule has 1 aliphatic heterocycles. The largest absolute Gasteiger partial charge is 0.444 e. The normalized spacial score (nSPS) is 16.1. The Bertz CT molecular complexity index is 888. The minimum Gasteiger partial charge on any atom is -0.444 e. The molecule has 0 radical (unpaired) electrons. The molecule has 0 atom stereocenters. The van der Waals surface area contributed by atoms with E-state index in [2.05, 4.69) is 4.98 Å². The Morgan fingerprint density at radius 1 is 1.09 bits per heavy atom.